The van der Waals surface area contributed by atoms with E-state index in [4.69, 9.17) is 4.74 Å². The van der Waals surface area contributed by atoms with Gasteiger partial charge in [-0.3, -0.25) is 9.89 Å². The van der Waals surface area contributed by atoms with Gasteiger partial charge < -0.3 is 15.0 Å². The first-order valence-corrected chi connectivity index (χ1v) is 9.17. The second kappa shape index (κ2) is 10.3. The molecule has 0 amide bonds. The summed E-state index contributed by atoms with van der Waals surface area (Å²) in [6, 6.07) is 11.2. The summed E-state index contributed by atoms with van der Waals surface area (Å²) in [7, 11) is 1.87. The van der Waals surface area contributed by atoms with Crippen LogP contribution in [-0.2, 0) is 11.3 Å². The first-order chi connectivity index (χ1) is 11.8. The van der Waals surface area contributed by atoms with Crippen LogP contribution in [0.15, 0.2) is 35.3 Å². The number of guanidine groups is 1. The Kier molecular flexibility index (Phi) is 8.45. The van der Waals surface area contributed by atoms with Crippen LogP contribution in [0.5, 0.6) is 0 Å². The molecule has 140 valence electrons. The minimum absolute atomic E-state index is 0. The Morgan fingerprint density at radius 3 is 2.80 bits per heavy atom. The molecular formula is C19H31IN4O. The Bertz CT molecular complexity index is 539. The van der Waals surface area contributed by atoms with Crippen molar-refractivity contribution in [2.24, 2.45) is 4.99 Å². The van der Waals surface area contributed by atoms with Crippen molar-refractivity contribution in [3.8, 4) is 0 Å². The van der Waals surface area contributed by atoms with Gasteiger partial charge in [-0.15, -0.1) is 24.0 Å². The predicted octanol–water partition coefficient (Wildman–Crippen LogP) is 2.57. The van der Waals surface area contributed by atoms with Crippen LogP contribution in [0.25, 0.3) is 0 Å². The molecule has 2 aliphatic rings. The number of halogens is 1. The monoisotopic (exact) mass is 458 g/mol. The van der Waals surface area contributed by atoms with E-state index < -0.39 is 0 Å². The van der Waals surface area contributed by atoms with Crippen LogP contribution in [-0.4, -0.2) is 67.7 Å². The summed E-state index contributed by atoms with van der Waals surface area (Å²) in [5.41, 5.74) is 1.38. The predicted molar refractivity (Wildman–Crippen MR) is 114 cm³/mol. The van der Waals surface area contributed by atoms with E-state index in [9.17, 15) is 0 Å². The normalized spacial score (nSPS) is 23.9. The van der Waals surface area contributed by atoms with Gasteiger partial charge >= 0.3 is 0 Å². The maximum Gasteiger partial charge on any atom is 0.193 e. The molecule has 6 heteroatoms. The fourth-order valence-electron chi connectivity index (χ4n) is 3.65. The van der Waals surface area contributed by atoms with Crippen LogP contribution in [0.2, 0.25) is 0 Å². The third-order valence-corrected chi connectivity index (χ3v) is 4.97. The molecule has 1 N–H and O–H groups in total. The molecule has 3 rings (SSSR count). The number of nitrogens with one attached hydrogen (secondary N) is 1. The number of morpholine rings is 1. The van der Waals surface area contributed by atoms with E-state index in [1.54, 1.807) is 0 Å². The number of unbranched alkanes of at least 4 members (excludes halogenated alkanes) is 1. The number of likely N-dealkylation sites (tertiary alicyclic amines) is 1. The molecule has 0 aromatic heterocycles. The molecule has 2 unspecified atom stereocenters. The zero-order valence-electron chi connectivity index (χ0n) is 15.4. The van der Waals surface area contributed by atoms with Gasteiger partial charge in [-0.2, -0.15) is 0 Å². The summed E-state index contributed by atoms with van der Waals surface area (Å²) in [5, 5.41) is 3.49. The standard InChI is InChI=1S/C19H30N4O.HI/c1-3-4-10-21-19(20-2)23-14-17-18(15-23)24-12-11-22(17)13-16-8-6-5-7-9-16;/h5-9,17-18H,3-4,10-15H2,1-2H3,(H,20,21);1H. The molecule has 1 aromatic rings. The minimum atomic E-state index is 0. The van der Waals surface area contributed by atoms with Crippen LogP contribution in [0, 0.1) is 0 Å². The van der Waals surface area contributed by atoms with Crippen LogP contribution < -0.4 is 5.32 Å². The third-order valence-electron chi connectivity index (χ3n) is 4.97. The topological polar surface area (TPSA) is 40.1 Å². The van der Waals surface area contributed by atoms with Gasteiger partial charge in [0.05, 0.1) is 18.8 Å². The molecule has 0 saturated carbocycles. The number of ether oxygens (including phenoxy) is 1. The number of hydrogen-bond donors (Lipinski definition) is 1. The largest absolute Gasteiger partial charge is 0.373 e. The molecule has 0 radical (unpaired) electrons. The Balaban J connectivity index is 0.00000225. The van der Waals surface area contributed by atoms with Crippen molar-refractivity contribution in [3.63, 3.8) is 0 Å². The molecule has 0 aliphatic carbocycles. The second-order valence-electron chi connectivity index (χ2n) is 6.67. The lowest BCUT2D eigenvalue weighted by Crippen LogP contribution is -2.50. The smallest absolute Gasteiger partial charge is 0.193 e. The summed E-state index contributed by atoms with van der Waals surface area (Å²) in [6.07, 6.45) is 2.66. The van der Waals surface area contributed by atoms with Crippen LogP contribution in [0.4, 0.5) is 0 Å². The van der Waals surface area contributed by atoms with E-state index in [-0.39, 0.29) is 30.1 Å². The van der Waals surface area contributed by atoms with E-state index in [2.05, 4.69) is 57.4 Å². The SMILES string of the molecule is CCCCNC(=NC)N1CC2OCCN(Cc3ccccc3)C2C1.I. The number of benzene rings is 1. The van der Waals surface area contributed by atoms with Crippen molar-refractivity contribution >= 4 is 29.9 Å². The Labute approximate surface area is 168 Å². The van der Waals surface area contributed by atoms with Gasteiger partial charge in [0.15, 0.2) is 5.96 Å². The summed E-state index contributed by atoms with van der Waals surface area (Å²) in [4.78, 5) is 9.39. The van der Waals surface area contributed by atoms with Crippen molar-refractivity contribution in [3.05, 3.63) is 35.9 Å². The molecule has 5 nitrogen and oxygen atoms in total. The van der Waals surface area contributed by atoms with Crippen LogP contribution in [0.3, 0.4) is 0 Å². The van der Waals surface area contributed by atoms with Gasteiger partial charge in [0.1, 0.15) is 0 Å². The zero-order chi connectivity index (χ0) is 16.8. The van der Waals surface area contributed by atoms with Gasteiger partial charge in [-0.1, -0.05) is 43.7 Å². The molecule has 2 aliphatic heterocycles. The quantitative estimate of drug-likeness (QED) is 0.319. The highest BCUT2D eigenvalue weighted by molar-refractivity contribution is 14.0. The van der Waals surface area contributed by atoms with E-state index in [0.29, 0.717) is 6.04 Å². The number of aliphatic imine (C=N–C) groups is 1. The average Bonchev–Trinajstić information content (AvgIpc) is 3.05. The molecule has 1 aromatic carbocycles. The summed E-state index contributed by atoms with van der Waals surface area (Å²) in [5.74, 6) is 1.01. The highest BCUT2D eigenvalue weighted by Gasteiger charge is 2.41. The van der Waals surface area contributed by atoms with Crippen LogP contribution >= 0.6 is 24.0 Å². The summed E-state index contributed by atoms with van der Waals surface area (Å²) >= 11 is 0. The summed E-state index contributed by atoms with van der Waals surface area (Å²) < 4.78 is 6.05. The lowest BCUT2D eigenvalue weighted by atomic mass is 10.1. The first-order valence-electron chi connectivity index (χ1n) is 9.17. The molecule has 25 heavy (non-hydrogen) atoms. The fraction of sp³-hybridized carbons (Fsp3) is 0.632. The van der Waals surface area contributed by atoms with E-state index in [0.717, 1.165) is 45.3 Å². The van der Waals surface area contributed by atoms with Crippen molar-refractivity contribution in [2.75, 3.05) is 39.8 Å². The Morgan fingerprint density at radius 1 is 1.28 bits per heavy atom. The van der Waals surface area contributed by atoms with Crippen LogP contribution in [0.1, 0.15) is 25.3 Å². The fourth-order valence-corrected chi connectivity index (χ4v) is 3.65. The van der Waals surface area contributed by atoms with Gasteiger partial charge in [-0.05, 0) is 12.0 Å². The number of nitrogens with zero attached hydrogens (tertiary/aromatic N) is 3. The first kappa shape index (κ1) is 20.5. The zero-order valence-corrected chi connectivity index (χ0v) is 17.7. The maximum absolute atomic E-state index is 6.05. The number of hydrogen-bond acceptors (Lipinski definition) is 3. The van der Waals surface area contributed by atoms with Crippen molar-refractivity contribution in [1.29, 1.82) is 0 Å². The van der Waals surface area contributed by atoms with Crippen molar-refractivity contribution in [2.45, 2.75) is 38.5 Å². The average molecular weight is 458 g/mol. The Hall–Kier alpha value is -0.860. The van der Waals surface area contributed by atoms with Crippen molar-refractivity contribution < 1.29 is 4.74 Å². The maximum atomic E-state index is 6.05. The summed E-state index contributed by atoms with van der Waals surface area (Å²) in [6.45, 7) is 7.95. The van der Waals surface area contributed by atoms with Gasteiger partial charge in [0, 0.05) is 39.8 Å². The lowest BCUT2D eigenvalue weighted by Gasteiger charge is -2.36. The minimum Gasteiger partial charge on any atom is -0.373 e. The molecule has 2 fully saturated rings. The Morgan fingerprint density at radius 2 is 2.08 bits per heavy atom. The number of rotatable bonds is 5. The van der Waals surface area contributed by atoms with E-state index in [1.807, 2.05) is 7.05 Å². The lowest BCUT2D eigenvalue weighted by molar-refractivity contribution is -0.0502. The van der Waals surface area contributed by atoms with Gasteiger partial charge in [-0.25, -0.2) is 0 Å². The molecule has 0 spiro atoms. The molecule has 0 bridgehead atoms. The highest BCUT2D eigenvalue weighted by Crippen LogP contribution is 2.24. The third kappa shape index (κ3) is 5.31. The highest BCUT2D eigenvalue weighted by atomic mass is 127. The van der Waals surface area contributed by atoms with E-state index >= 15 is 0 Å². The molecule has 2 saturated heterocycles. The van der Waals surface area contributed by atoms with Crippen molar-refractivity contribution in [1.82, 2.24) is 15.1 Å². The second-order valence-corrected chi connectivity index (χ2v) is 6.67. The van der Waals surface area contributed by atoms with Gasteiger partial charge in [0.2, 0.25) is 0 Å². The molecule has 2 atom stereocenters. The van der Waals surface area contributed by atoms with E-state index in [1.165, 1.54) is 18.4 Å². The molecule has 2 heterocycles. The molecular weight excluding hydrogens is 427 g/mol. The number of fused-ring (bicyclic) bond motifs is 1. The van der Waals surface area contributed by atoms with Gasteiger partial charge in [0.25, 0.3) is 0 Å².